The number of carboxylic acid groups (broad SMARTS) is 1. The molecule has 0 aromatic carbocycles. The summed E-state index contributed by atoms with van der Waals surface area (Å²) in [5.41, 5.74) is 0. The first kappa shape index (κ1) is 9.75. The summed E-state index contributed by atoms with van der Waals surface area (Å²) < 4.78 is 0. The van der Waals surface area contributed by atoms with E-state index >= 15 is 0 Å². The summed E-state index contributed by atoms with van der Waals surface area (Å²) in [6.45, 7) is 3.70. The maximum absolute atomic E-state index is 10.2. The van der Waals surface area contributed by atoms with Crippen molar-refractivity contribution < 1.29 is 9.90 Å². The van der Waals surface area contributed by atoms with Gasteiger partial charge in [-0.3, -0.25) is 4.79 Å². The summed E-state index contributed by atoms with van der Waals surface area (Å²) in [5, 5.41) is 8.43. The quantitative estimate of drug-likeness (QED) is 0.667. The van der Waals surface area contributed by atoms with Crippen LogP contribution in [0.1, 0.15) is 13.8 Å². The highest BCUT2D eigenvalue weighted by Crippen LogP contribution is 1.90. The number of allylic oxidation sites excluding steroid dienone is 2. The summed E-state index contributed by atoms with van der Waals surface area (Å²) in [6.07, 6.45) is 7.02. The van der Waals surface area contributed by atoms with Crippen LogP contribution in [-0.4, -0.2) is 22.5 Å². The molecule has 3 nitrogen and oxygen atoms in total. The Balaban J connectivity index is 3.99. The van der Waals surface area contributed by atoms with Crippen LogP contribution in [0.5, 0.6) is 0 Å². The van der Waals surface area contributed by atoms with Gasteiger partial charge in [-0.25, -0.2) is 0 Å². The van der Waals surface area contributed by atoms with Gasteiger partial charge in [0.1, 0.15) is 6.54 Å². The van der Waals surface area contributed by atoms with E-state index in [0.29, 0.717) is 0 Å². The molecule has 0 atom stereocenters. The van der Waals surface area contributed by atoms with E-state index in [0.717, 1.165) is 0 Å². The molecule has 0 bridgehead atoms. The summed E-state index contributed by atoms with van der Waals surface area (Å²) in [5.74, 6) is -0.832. The zero-order chi connectivity index (χ0) is 8.69. The third kappa shape index (κ3) is 5.21. The van der Waals surface area contributed by atoms with Gasteiger partial charge in [-0.2, -0.15) is 0 Å². The van der Waals surface area contributed by atoms with Crippen molar-refractivity contribution >= 4 is 5.97 Å². The molecule has 0 rings (SSSR count). The summed E-state index contributed by atoms with van der Waals surface area (Å²) in [7, 11) is 0. The first-order valence-electron chi connectivity index (χ1n) is 3.44. The Morgan fingerprint density at radius 1 is 1.36 bits per heavy atom. The Hall–Kier alpha value is -1.25. The number of hydrogen-bond acceptors (Lipinski definition) is 2. The molecule has 0 aliphatic rings. The van der Waals surface area contributed by atoms with Crippen LogP contribution in [0.3, 0.4) is 0 Å². The normalized spacial score (nSPS) is 11.1. The molecule has 62 valence electrons. The Morgan fingerprint density at radius 2 is 1.82 bits per heavy atom. The van der Waals surface area contributed by atoms with E-state index in [2.05, 4.69) is 0 Å². The van der Waals surface area contributed by atoms with Gasteiger partial charge in [0.2, 0.25) is 0 Å². The Morgan fingerprint density at radius 3 is 2.09 bits per heavy atom. The van der Waals surface area contributed by atoms with Crippen molar-refractivity contribution in [2.75, 3.05) is 6.54 Å². The maximum Gasteiger partial charge on any atom is 0.323 e. The van der Waals surface area contributed by atoms with Crippen LogP contribution < -0.4 is 0 Å². The highest BCUT2D eigenvalue weighted by molar-refractivity contribution is 5.69. The van der Waals surface area contributed by atoms with Crippen molar-refractivity contribution in [1.82, 2.24) is 4.90 Å². The van der Waals surface area contributed by atoms with E-state index < -0.39 is 5.97 Å². The second kappa shape index (κ2) is 5.53. The predicted octanol–water partition coefficient (Wildman–Crippen LogP) is 1.44. The van der Waals surface area contributed by atoms with Gasteiger partial charge in [0, 0.05) is 0 Å². The van der Waals surface area contributed by atoms with Crippen LogP contribution in [0.2, 0.25) is 0 Å². The van der Waals surface area contributed by atoms with E-state index in [9.17, 15) is 4.79 Å². The zero-order valence-electron chi connectivity index (χ0n) is 6.82. The van der Waals surface area contributed by atoms with Crippen LogP contribution in [0.4, 0.5) is 0 Å². The monoisotopic (exact) mass is 155 g/mol. The largest absolute Gasteiger partial charge is 0.480 e. The molecule has 0 saturated carbocycles. The van der Waals surface area contributed by atoms with Gasteiger partial charge in [0.15, 0.2) is 0 Å². The minimum Gasteiger partial charge on any atom is -0.480 e. The van der Waals surface area contributed by atoms with Crippen LogP contribution in [0.15, 0.2) is 24.6 Å². The molecule has 0 saturated heterocycles. The fourth-order valence-corrected chi connectivity index (χ4v) is 0.694. The van der Waals surface area contributed by atoms with Crippen molar-refractivity contribution in [2.45, 2.75) is 13.8 Å². The molecule has 0 aliphatic heterocycles. The summed E-state index contributed by atoms with van der Waals surface area (Å²) in [6, 6.07) is 0. The van der Waals surface area contributed by atoms with Crippen LogP contribution in [-0.2, 0) is 4.79 Å². The number of aliphatic carboxylic acids is 1. The molecular formula is C8H13NO2. The Labute approximate surface area is 66.6 Å². The minimum absolute atomic E-state index is 0.00861. The van der Waals surface area contributed by atoms with Gasteiger partial charge in [-0.15, -0.1) is 0 Å². The van der Waals surface area contributed by atoms with E-state index in [1.807, 2.05) is 13.8 Å². The van der Waals surface area contributed by atoms with E-state index in [-0.39, 0.29) is 6.54 Å². The average Bonchev–Trinajstić information content (AvgIpc) is 1.87. The molecule has 0 aromatic rings. The molecule has 0 aliphatic carbocycles. The zero-order valence-corrected chi connectivity index (χ0v) is 6.82. The van der Waals surface area contributed by atoms with Gasteiger partial charge in [-0.05, 0) is 26.2 Å². The second-order valence-electron chi connectivity index (χ2n) is 2.03. The topological polar surface area (TPSA) is 40.5 Å². The molecule has 11 heavy (non-hydrogen) atoms. The molecule has 1 N–H and O–H groups in total. The molecule has 3 heteroatoms. The summed E-state index contributed by atoms with van der Waals surface area (Å²) in [4.78, 5) is 11.8. The number of rotatable bonds is 4. The fourth-order valence-electron chi connectivity index (χ4n) is 0.694. The maximum atomic E-state index is 10.2. The van der Waals surface area contributed by atoms with Crippen LogP contribution >= 0.6 is 0 Å². The van der Waals surface area contributed by atoms with Crippen LogP contribution in [0.25, 0.3) is 0 Å². The number of carboxylic acids is 1. The molecule has 0 fully saturated rings. The highest BCUT2D eigenvalue weighted by Gasteiger charge is 1.99. The molecule has 0 spiro atoms. The fraction of sp³-hybridized carbons (Fsp3) is 0.375. The lowest BCUT2D eigenvalue weighted by Gasteiger charge is -2.10. The van der Waals surface area contributed by atoms with Gasteiger partial charge in [-0.1, -0.05) is 12.2 Å². The smallest absolute Gasteiger partial charge is 0.323 e. The highest BCUT2D eigenvalue weighted by atomic mass is 16.4. The predicted molar refractivity (Wildman–Crippen MR) is 44.0 cm³/mol. The number of carbonyl (C=O) groups is 1. The summed E-state index contributed by atoms with van der Waals surface area (Å²) >= 11 is 0. The second-order valence-corrected chi connectivity index (χ2v) is 2.03. The van der Waals surface area contributed by atoms with Crippen molar-refractivity contribution in [3.63, 3.8) is 0 Å². The Bertz CT molecular complexity index is 161. The van der Waals surface area contributed by atoms with Crippen molar-refractivity contribution in [3.8, 4) is 0 Å². The number of nitrogens with zero attached hydrogens (tertiary/aromatic N) is 1. The van der Waals surface area contributed by atoms with Gasteiger partial charge >= 0.3 is 5.97 Å². The molecule has 0 unspecified atom stereocenters. The first-order valence-corrected chi connectivity index (χ1v) is 3.44. The van der Waals surface area contributed by atoms with Gasteiger partial charge in [0.25, 0.3) is 0 Å². The van der Waals surface area contributed by atoms with Gasteiger partial charge < -0.3 is 10.0 Å². The average molecular weight is 155 g/mol. The SMILES string of the molecule is C/C=C\N(/C=C\C)CC(=O)O. The first-order chi connectivity index (χ1) is 5.20. The lowest BCUT2D eigenvalue weighted by atomic mass is 10.5. The lowest BCUT2D eigenvalue weighted by Crippen LogP contribution is -2.19. The molecular weight excluding hydrogens is 142 g/mol. The lowest BCUT2D eigenvalue weighted by molar-refractivity contribution is -0.137. The molecule has 0 heterocycles. The van der Waals surface area contributed by atoms with E-state index in [4.69, 9.17) is 5.11 Å². The van der Waals surface area contributed by atoms with E-state index in [1.165, 1.54) is 0 Å². The third-order valence-corrected chi connectivity index (χ3v) is 0.999. The molecule has 0 radical (unpaired) electrons. The minimum atomic E-state index is -0.832. The standard InChI is InChI=1S/C8H13NO2/c1-3-5-9(6-4-2)7-8(10)11/h3-6H,7H2,1-2H3,(H,10,11)/b5-3-,6-4-. The van der Waals surface area contributed by atoms with Crippen LogP contribution in [0, 0.1) is 0 Å². The third-order valence-electron chi connectivity index (χ3n) is 0.999. The Kier molecular flexibility index (Phi) is 4.90. The number of hydrogen-bond donors (Lipinski definition) is 1. The van der Waals surface area contributed by atoms with Crippen molar-refractivity contribution in [2.24, 2.45) is 0 Å². The molecule has 0 amide bonds. The van der Waals surface area contributed by atoms with Crippen molar-refractivity contribution in [3.05, 3.63) is 24.6 Å². The molecule has 0 aromatic heterocycles. The van der Waals surface area contributed by atoms with Crippen molar-refractivity contribution in [1.29, 1.82) is 0 Å². The van der Waals surface area contributed by atoms with E-state index in [1.54, 1.807) is 29.5 Å². The van der Waals surface area contributed by atoms with Gasteiger partial charge in [0.05, 0.1) is 0 Å².